The van der Waals surface area contributed by atoms with E-state index in [0.29, 0.717) is 36.9 Å². The van der Waals surface area contributed by atoms with E-state index in [4.69, 9.17) is 13.9 Å². The van der Waals surface area contributed by atoms with Crippen LogP contribution in [0.2, 0.25) is 0 Å². The van der Waals surface area contributed by atoms with Gasteiger partial charge in [-0.3, -0.25) is 18.8 Å². The van der Waals surface area contributed by atoms with Gasteiger partial charge in [0.15, 0.2) is 6.20 Å². The van der Waals surface area contributed by atoms with Gasteiger partial charge in [0.25, 0.3) is 26.1 Å². The molecule has 13 nitrogen and oxygen atoms in total. The Balaban J connectivity index is 0.000000498. The van der Waals surface area contributed by atoms with Crippen LogP contribution in [-0.4, -0.2) is 97.2 Å². The van der Waals surface area contributed by atoms with Crippen LogP contribution in [0.1, 0.15) is 66.7 Å². The minimum absolute atomic E-state index is 0.0257. The summed E-state index contributed by atoms with van der Waals surface area (Å²) in [5, 5.41) is 16.6. The van der Waals surface area contributed by atoms with E-state index in [0.717, 1.165) is 64.8 Å². The number of benzene rings is 1. The Hall–Kier alpha value is -2.63. The molecule has 2 saturated heterocycles. The second kappa shape index (κ2) is 16.0. The number of hydrogen-bond donors (Lipinski definition) is 2. The third-order valence-electron chi connectivity index (χ3n) is 8.56. The van der Waals surface area contributed by atoms with Crippen LogP contribution in [0.4, 0.5) is 0 Å². The zero-order valence-electron chi connectivity index (χ0n) is 26.6. The molecule has 256 valence electrons. The lowest BCUT2D eigenvalue weighted by molar-refractivity contribution is -0.612. The van der Waals surface area contributed by atoms with Gasteiger partial charge in [-0.1, -0.05) is 33.2 Å². The first-order valence-electron chi connectivity index (χ1n) is 15.0. The van der Waals surface area contributed by atoms with Crippen LogP contribution in [0, 0.1) is 25.0 Å². The number of oxime groups is 1. The minimum Gasteiger partial charge on any atom is -0.618 e. The summed E-state index contributed by atoms with van der Waals surface area (Å²) in [5.41, 5.74) is 4.11. The summed E-state index contributed by atoms with van der Waals surface area (Å²) in [4.78, 5) is 23.3. The molecular weight excluding hydrogens is 704 g/mol. The molecule has 0 aliphatic carbocycles. The molecular formula is C30H43BrN4O9S2. The highest BCUT2D eigenvalue weighted by Gasteiger charge is 2.40. The topological polar surface area (TPSA) is 181 Å². The van der Waals surface area contributed by atoms with Gasteiger partial charge < -0.3 is 14.9 Å². The molecule has 0 atom stereocenters. The zero-order valence-corrected chi connectivity index (χ0v) is 29.8. The number of aryl methyl sites for hydroxylation is 1. The maximum atomic E-state index is 13.3. The number of carbonyl (C=O) groups is 1. The average Bonchev–Trinajstić information content (AvgIpc) is 2.99. The van der Waals surface area contributed by atoms with E-state index < -0.39 is 31.7 Å². The molecule has 2 fully saturated rings. The van der Waals surface area contributed by atoms with Gasteiger partial charge in [0.1, 0.15) is 12.2 Å². The summed E-state index contributed by atoms with van der Waals surface area (Å²) < 4.78 is 57.2. The van der Waals surface area contributed by atoms with Gasteiger partial charge in [-0.15, -0.1) is 0 Å². The highest BCUT2D eigenvalue weighted by molar-refractivity contribution is 9.10. The average molecular weight is 748 g/mol. The molecule has 46 heavy (non-hydrogen) atoms. The molecule has 2 aliphatic heterocycles. The van der Waals surface area contributed by atoms with E-state index >= 15 is 0 Å². The number of hydrogen-bond acceptors (Lipinski definition) is 9. The molecule has 3 heterocycles. The van der Waals surface area contributed by atoms with Crippen molar-refractivity contribution in [3.63, 3.8) is 0 Å². The number of piperidine rings is 2. The van der Waals surface area contributed by atoms with Crippen molar-refractivity contribution in [2.45, 2.75) is 58.9 Å². The van der Waals surface area contributed by atoms with Crippen molar-refractivity contribution >= 4 is 47.8 Å². The van der Waals surface area contributed by atoms with E-state index in [1.807, 2.05) is 18.7 Å². The first kappa shape index (κ1) is 37.8. The Morgan fingerprint density at radius 3 is 2.07 bits per heavy atom. The second-order valence-corrected chi connectivity index (χ2v) is 15.9. The second-order valence-electron chi connectivity index (χ2n) is 11.8. The molecule has 1 aromatic carbocycles. The first-order chi connectivity index (χ1) is 21.4. The van der Waals surface area contributed by atoms with Gasteiger partial charge in [0.05, 0.1) is 17.2 Å². The number of halogens is 1. The van der Waals surface area contributed by atoms with Gasteiger partial charge in [-0.2, -0.15) is 21.6 Å². The number of rotatable bonds is 9. The molecule has 0 bridgehead atoms. The molecule has 0 spiro atoms. The first-order valence-corrected chi connectivity index (χ1v) is 19.0. The molecule has 0 radical (unpaired) electrons. The zero-order chi connectivity index (χ0) is 34.3. The SMILES string of the molecule is CCO/N=C(/c1ccc(Br)cc1)C1CCN(C2(C)CCN(C(=O)c3c(C)cc[n+]([O-])c3C)CC2)CC1.O=S(=O)(O)CCS(=O)(=O)O. The van der Waals surface area contributed by atoms with Crippen LogP contribution in [0.25, 0.3) is 0 Å². The van der Waals surface area contributed by atoms with Gasteiger partial charge in [0.2, 0.25) is 5.69 Å². The van der Waals surface area contributed by atoms with Crippen LogP contribution >= 0.6 is 15.9 Å². The van der Waals surface area contributed by atoms with Crippen molar-refractivity contribution < 1.29 is 40.3 Å². The minimum atomic E-state index is -4.30. The number of pyridine rings is 1. The summed E-state index contributed by atoms with van der Waals surface area (Å²) in [6, 6.07) is 10.0. The molecule has 1 aromatic heterocycles. The van der Waals surface area contributed by atoms with Gasteiger partial charge in [-0.05, 0) is 82.8 Å². The van der Waals surface area contributed by atoms with Gasteiger partial charge >= 0.3 is 0 Å². The summed E-state index contributed by atoms with van der Waals surface area (Å²) >= 11 is 3.52. The van der Waals surface area contributed by atoms with E-state index in [-0.39, 0.29) is 11.4 Å². The van der Waals surface area contributed by atoms with E-state index in [9.17, 15) is 26.8 Å². The number of likely N-dealkylation sites (tertiary alicyclic amines) is 2. The van der Waals surface area contributed by atoms with Crippen molar-refractivity contribution in [2.24, 2.45) is 11.1 Å². The fourth-order valence-corrected chi connectivity index (χ4v) is 7.73. The number of amides is 1. The lowest BCUT2D eigenvalue weighted by Crippen LogP contribution is -2.57. The maximum Gasteiger partial charge on any atom is 0.265 e. The molecule has 4 rings (SSSR count). The Labute approximate surface area is 279 Å². The van der Waals surface area contributed by atoms with Crippen LogP contribution in [0.3, 0.4) is 0 Å². The predicted molar refractivity (Wildman–Crippen MR) is 178 cm³/mol. The molecule has 2 aliphatic rings. The smallest absolute Gasteiger partial charge is 0.265 e. The van der Waals surface area contributed by atoms with Crippen molar-refractivity contribution in [3.05, 3.63) is 68.6 Å². The van der Waals surface area contributed by atoms with Crippen LogP contribution in [0.5, 0.6) is 0 Å². The number of carbonyl (C=O) groups excluding carboxylic acids is 1. The van der Waals surface area contributed by atoms with Crippen molar-refractivity contribution in [3.8, 4) is 0 Å². The normalized spacial score (nSPS) is 18.1. The fourth-order valence-electron chi connectivity index (χ4n) is 5.78. The van der Waals surface area contributed by atoms with Crippen LogP contribution in [0.15, 0.2) is 46.2 Å². The van der Waals surface area contributed by atoms with Crippen molar-refractivity contribution in [1.29, 1.82) is 0 Å². The molecule has 16 heteroatoms. The van der Waals surface area contributed by atoms with Gasteiger partial charge in [0, 0.05) is 42.0 Å². The predicted octanol–water partition coefficient (Wildman–Crippen LogP) is 3.61. The Morgan fingerprint density at radius 2 is 1.57 bits per heavy atom. The van der Waals surface area contributed by atoms with E-state index in [2.05, 4.69) is 57.2 Å². The van der Waals surface area contributed by atoms with Crippen molar-refractivity contribution in [2.75, 3.05) is 44.3 Å². The summed E-state index contributed by atoms with van der Waals surface area (Å²) in [7, 11) is -8.59. The third kappa shape index (κ3) is 10.7. The highest BCUT2D eigenvalue weighted by Crippen LogP contribution is 2.34. The summed E-state index contributed by atoms with van der Waals surface area (Å²) in [6.45, 7) is 11.9. The molecule has 2 N–H and O–H groups in total. The van der Waals surface area contributed by atoms with E-state index in [1.54, 1.807) is 13.0 Å². The van der Waals surface area contributed by atoms with Crippen LogP contribution in [-0.2, 0) is 25.1 Å². The van der Waals surface area contributed by atoms with Crippen molar-refractivity contribution in [1.82, 2.24) is 9.80 Å². The maximum absolute atomic E-state index is 13.3. The Morgan fingerprint density at radius 1 is 1.02 bits per heavy atom. The summed E-state index contributed by atoms with van der Waals surface area (Å²) in [6.07, 6.45) is 5.40. The molecule has 2 aromatic rings. The summed E-state index contributed by atoms with van der Waals surface area (Å²) in [5.74, 6) is -1.62. The van der Waals surface area contributed by atoms with Crippen LogP contribution < -0.4 is 4.73 Å². The van der Waals surface area contributed by atoms with E-state index in [1.165, 1.54) is 6.20 Å². The van der Waals surface area contributed by atoms with Gasteiger partial charge in [-0.25, -0.2) is 0 Å². The fraction of sp³-hybridized carbons (Fsp3) is 0.567. The Kier molecular flexibility index (Phi) is 13.1. The lowest BCUT2D eigenvalue weighted by Gasteiger charge is -2.49. The number of aromatic nitrogens is 1. The molecule has 1 amide bonds. The monoisotopic (exact) mass is 746 g/mol. The lowest BCUT2D eigenvalue weighted by atomic mass is 9.82. The largest absolute Gasteiger partial charge is 0.618 e. The number of nitrogens with zero attached hydrogens (tertiary/aromatic N) is 4. The Bertz CT molecular complexity index is 1570. The third-order valence-corrected chi connectivity index (χ3v) is 10.8. The standard InChI is InChI=1S/C28H37BrN4O3.C2H6O6S2/c1-5-36-30-26(22-6-8-24(29)9-7-22)23-11-15-32(16-12-23)28(4)13-18-31(19-14-28)27(34)25-20(2)10-17-33(35)21(25)3;3-9(4,5)1-2-10(6,7)8/h6-10,17,23H,5,11-16,18-19H2,1-4H3;1-2H2,(H,3,4,5)(H,6,7,8)/b30-26-;. The molecule has 0 unspecified atom stereocenters. The highest BCUT2D eigenvalue weighted by atomic mass is 79.9. The molecule has 0 saturated carbocycles. The quantitative estimate of drug-likeness (QED) is 0.127.